The molecule has 1 aromatic heterocycles. The topological polar surface area (TPSA) is 16.4 Å². The average Bonchev–Trinajstić information content (AvgIpc) is 3.70. The van der Waals surface area contributed by atoms with Crippen molar-refractivity contribution in [3.63, 3.8) is 0 Å². The highest BCUT2D eigenvalue weighted by Crippen LogP contribution is 2.44. The normalized spacial score (nSPS) is 11.7. The lowest BCUT2D eigenvalue weighted by molar-refractivity contribution is 0.672. The van der Waals surface area contributed by atoms with Gasteiger partial charge in [0.2, 0.25) is 0 Å². The molecule has 12 rings (SSSR count). The van der Waals surface area contributed by atoms with Gasteiger partial charge in [-0.15, -0.1) is 0 Å². The van der Waals surface area contributed by atoms with Crippen LogP contribution in [0.5, 0.6) is 0 Å². The van der Waals surface area contributed by atoms with Crippen LogP contribution in [0.25, 0.3) is 98.4 Å². The largest absolute Gasteiger partial charge is 0.455 e. The molecule has 1 heterocycles. The van der Waals surface area contributed by atoms with Gasteiger partial charge >= 0.3 is 0 Å². The molecule has 0 radical (unpaired) electrons. The van der Waals surface area contributed by atoms with E-state index in [2.05, 4.69) is 229 Å². The van der Waals surface area contributed by atoms with Crippen LogP contribution in [-0.2, 0) is 0 Å². The molecular weight excluding hydrogens is 727 g/mol. The summed E-state index contributed by atoms with van der Waals surface area (Å²) in [6, 6.07) is 81.3. The summed E-state index contributed by atoms with van der Waals surface area (Å²) >= 11 is 0. The second-order valence-corrected chi connectivity index (χ2v) is 15.7. The quantitative estimate of drug-likeness (QED) is 0.157. The van der Waals surface area contributed by atoms with E-state index in [1.54, 1.807) is 0 Å². The van der Waals surface area contributed by atoms with E-state index in [1.807, 2.05) is 0 Å². The van der Waals surface area contributed by atoms with Gasteiger partial charge in [0.05, 0.1) is 5.69 Å². The molecule has 280 valence electrons. The van der Waals surface area contributed by atoms with E-state index in [9.17, 15) is 0 Å². The summed E-state index contributed by atoms with van der Waals surface area (Å²) in [5, 5.41) is 12.0. The Kier molecular flexibility index (Phi) is 7.89. The van der Waals surface area contributed by atoms with Crippen LogP contribution in [-0.4, -0.2) is 0 Å². The SMILES string of the molecule is c1ccc(N(c2ccc(-c3ccc(-c4cccc5ccccc45)cc3)cc2)c2ccc3c(ccc4ccccc43)c2)c(-c2ccc3oc4c5ccccc5ccc4c3c2)c1. The summed E-state index contributed by atoms with van der Waals surface area (Å²) in [4.78, 5) is 2.41. The number of benzene rings is 11. The van der Waals surface area contributed by atoms with Crippen molar-refractivity contribution < 1.29 is 4.42 Å². The highest BCUT2D eigenvalue weighted by atomic mass is 16.3. The molecule has 0 atom stereocenters. The Hall–Kier alpha value is -7.94. The van der Waals surface area contributed by atoms with E-state index >= 15 is 0 Å². The van der Waals surface area contributed by atoms with Crippen LogP contribution in [0, 0.1) is 0 Å². The van der Waals surface area contributed by atoms with Crippen LogP contribution in [0.2, 0.25) is 0 Å². The van der Waals surface area contributed by atoms with Crippen molar-refractivity contribution in [2.24, 2.45) is 0 Å². The third-order valence-corrected chi connectivity index (χ3v) is 12.2. The van der Waals surface area contributed by atoms with Gasteiger partial charge in [-0.3, -0.25) is 0 Å². The molecule has 0 N–H and O–H groups in total. The molecule has 0 amide bonds. The summed E-state index contributed by atoms with van der Waals surface area (Å²) in [6.45, 7) is 0. The second-order valence-electron chi connectivity index (χ2n) is 15.7. The first-order valence-corrected chi connectivity index (χ1v) is 20.6. The molecule has 12 aromatic rings. The fourth-order valence-electron chi connectivity index (χ4n) is 9.27. The predicted molar refractivity (Wildman–Crippen MR) is 255 cm³/mol. The highest BCUT2D eigenvalue weighted by molar-refractivity contribution is 6.16. The van der Waals surface area contributed by atoms with Crippen molar-refractivity contribution in [1.82, 2.24) is 0 Å². The zero-order valence-corrected chi connectivity index (χ0v) is 32.7. The maximum Gasteiger partial charge on any atom is 0.143 e. The zero-order valence-electron chi connectivity index (χ0n) is 32.7. The van der Waals surface area contributed by atoms with E-state index in [4.69, 9.17) is 4.42 Å². The summed E-state index contributed by atoms with van der Waals surface area (Å²) in [5.74, 6) is 0. The van der Waals surface area contributed by atoms with E-state index in [0.717, 1.165) is 55.5 Å². The van der Waals surface area contributed by atoms with Gasteiger partial charge in [0.25, 0.3) is 0 Å². The average molecular weight is 764 g/mol. The molecule has 0 saturated heterocycles. The summed E-state index contributed by atoms with van der Waals surface area (Å²) in [5.41, 5.74) is 12.2. The van der Waals surface area contributed by atoms with Crippen molar-refractivity contribution in [2.75, 3.05) is 4.90 Å². The Labute approximate surface area is 347 Å². The number of anilines is 3. The fraction of sp³-hybridized carbons (Fsp3) is 0. The monoisotopic (exact) mass is 763 g/mol. The fourth-order valence-corrected chi connectivity index (χ4v) is 9.27. The van der Waals surface area contributed by atoms with Crippen LogP contribution in [0.3, 0.4) is 0 Å². The molecule has 0 aliphatic rings. The van der Waals surface area contributed by atoms with Crippen molar-refractivity contribution in [2.45, 2.75) is 0 Å². The summed E-state index contributed by atoms with van der Waals surface area (Å²) < 4.78 is 6.53. The van der Waals surface area contributed by atoms with Crippen molar-refractivity contribution in [3.05, 3.63) is 224 Å². The minimum atomic E-state index is 0.891. The number of furan rings is 1. The first-order valence-electron chi connectivity index (χ1n) is 20.6. The Balaban J connectivity index is 0.978. The molecule has 0 aliphatic carbocycles. The van der Waals surface area contributed by atoms with Crippen LogP contribution in [0.15, 0.2) is 229 Å². The van der Waals surface area contributed by atoms with E-state index in [0.29, 0.717) is 0 Å². The number of para-hydroxylation sites is 1. The Morgan fingerprint density at radius 2 is 0.817 bits per heavy atom. The van der Waals surface area contributed by atoms with Gasteiger partial charge in [0, 0.05) is 33.1 Å². The van der Waals surface area contributed by atoms with Crippen LogP contribution in [0.1, 0.15) is 0 Å². The highest BCUT2D eigenvalue weighted by Gasteiger charge is 2.20. The minimum absolute atomic E-state index is 0.891. The number of fused-ring (bicyclic) bond motifs is 9. The maximum atomic E-state index is 6.53. The summed E-state index contributed by atoms with van der Waals surface area (Å²) in [7, 11) is 0. The third kappa shape index (κ3) is 5.65. The van der Waals surface area contributed by atoms with Gasteiger partial charge in [0.15, 0.2) is 0 Å². The Bertz CT molecular complexity index is 3590. The summed E-state index contributed by atoms with van der Waals surface area (Å²) in [6.07, 6.45) is 0. The molecule has 0 spiro atoms. The van der Waals surface area contributed by atoms with Crippen LogP contribution >= 0.6 is 0 Å². The molecule has 2 heteroatoms. The standard InChI is InChI=1S/C58H37NO/c1-4-14-48-40(10-1)13-9-18-50(48)43-22-20-38(21-23-43)39-26-30-46(31-27-39)59(47-32-34-51-44(36-47)25-24-41-11-2-5-15-49(41)51)56-19-8-7-16-52(56)45-29-35-57-55(37-45)54-33-28-42-12-3-6-17-53(42)58(54)60-57/h1-37H. The Morgan fingerprint density at radius 3 is 1.63 bits per heavy atom. The number of hydrogen-bond donors (Lipinski definition) is 0. The number of rotatable bonds is 6. The minimum Gasteiger partial charge on any atom is -0.455 e. The third-order valence-electron chi connectivity index (χ3n) is 12.2. The van der Waals surface area contributed by atoms with Gasteiger partial charge in [-0.05, 0) is 114 Å². The zero-order chi connectivity index (χ0) is 39.6. The lowest BCUT2D eigenvalue weighted by Crippen LogP contribution is -2.11. The molecule has 11 aromatic carbocycles. The Morgan fingerprint density at radius 1 is 0.283 bits per heavy atom. The lowest BCUT2D eigenvalue weighted by Gasteiger charge is -2.28. The molecule has 60 heavy (non-hydrogen) atoms. The van der Waals surface area contributed by atoms with Crippen LogP contribution < -0.4 is 4.90 Å². The van der Waals surface area contributed by atoms with Crippen molar-refractivity contribution in [3.8, 4) is 33.4 Å². The van der Waals surface area contributed by atoms with Crippen molar-refractivity contribution in [1.29, 1.82) is 0 Å². The van der Waals surface area contributed by atoms with Gasteiger partial charge in [0.1, 0.15) is 11.2 Å². The van der Waals surface area contributed by atoms with Gasteiger partial charge < -0.3 is 9.32 Å². The molecule has 0 saturated carbocycles. The van der Waals surface area contributed by atoms with E-state index in [1.165, 1.54) is 60.0 Å². The molecular formula is C58H37NO. The molecule has 0 bridgehead atoms. The maximum absolute atomic E-state index is 6.53. The first kappa shape index (κ1) is 34.1. The smallest absolute Gasteiger partial charge is 0.143 e. The van der Waals surface area contributed by atoms with E-state index < -0.39 is 0 Å². The number of nitrogens with zero attached hydrogens (tertiary/aromatic N) is 1. The van der Waals surface area contributed by atoms with Crippen molar-refractivity contribution >= 4 is 82.1 Å². The van der Waals surface area contributed by atoms with Gasteiger partial charge in [-0.2, -0.15) is 0 Å². The lowest BCUT2D eigenvalue weighted by atomic mass is 9.96. The predicted octanol–water partition coefficient (Wildman–Crippen LogP) is 16.7. The second kappa shape index (κ2) is 13.9. The molecule has 0 aliphatic heterocycles. The first-order chi connectivity index (χ1) is 29.7. The molecule has 0 unspecified atom stereocenters. The number of hydrogen-bond acceptors (Lipinski definition) is 2. The van der Waals surface area contributed by atoms with E-state index in [-0.39, 0.29) is 0 Å². The van der Waals surface area contributed by atoms with Gasteiger partial charge in [-0.25, -0.2) is 0 Å². The van der Waals surface area contributed by atoms with Crippen LogP contribution in [0.4, 0.5) is 17.1 Å². The molecule has 2 nitrogen and oxygen atoms in total. The van der Waals surface area contributed by atoms with Gasteiger partial charge in [-0.1, -0.05) is 176 Å². The molecule has 0 fully saturated rings.